The van der Waals surface area contributed by atoms with Crippen molar-refractivity contribution in [3.8, 4) is 0 Å². The number of methoxy groups -OCH3 is 4. The van der Waals surface area contributed by atoms with E-state index in [4.69, 9.17) is 18.9 Å². The maximum absolute atomic E-state index is 5.64. The van der Waals surface area contributed by atoms with Crippen LogP contribution in [-0.2, 0) is 18.9 Å². The maximum atomic E-state index is 5.64. The standard InChI is InChI=1S/C16H32O4/c1-11(17-5)9-15(19-7)13(3)14(4)16(20-8)10-12(2)18-6/h12-16H,1,9-10H2,2-8H3. The minimum absolute atomic E-state index is 0.0768. The lowest BCUT2D eigenvalue weighted by Crippen LogP contribution is -2.36. The molecular weight excluding hydrogens is 256 g/mol. The van der Waals surface area contributed by atoms with Crippen LogP contribution in [0.15, 0.2) is 12.3 Å². The van der Waals surface area contributed by atoms with Crippen molar-refractivity contribution in [2.45, 2.75) is 51.9 Å². The quantitative estimate of drug-likeness (QED) is 0.547. The highest BCUT2D eigenvalue weighted by molar-refractivity contribution is 4.89. The third kappa shape index (κ3) is 6.25. The van der Waals surface area contributed by atoms with Crippen molar-refractivity contribution in [1.82, 2.24) is 0 Å². The molecule has 5 unspecified atom stereocenters. The van der Waals surface area contributed by atoms with E-state index in [0.717, 1.165) is 12.2 Å². The molecule has 0 aliphatic heterocycles. The van der Waals surface area contributed by atoms with Gasteiger partial charge in [-0.15, -0.1) is 0 Å². The first-order chi connectivity index (χ1) is 9.40. The Balaban J connectivity index is 4.67. The molecule has 0 aromatic heterocycles. The summed E-state index contributed by atoms with van der Waals surface area (Å²) in [6.45, 7) is 10.3. The summed E-state index contributed by atoms with van der Waals surface area (Å²) in [6.07, 6.45) is 1.99. The summed E-state index contributed by atoms with van der Waals surface area (Å²) in [4.78, 5) is 0. The molecule has 0 heterocycles. The van der Waals surface area contributed by atoms with E-state index in [-0.39, 0.29) is 18.3 Å². The molecule has 0 amide bonds. The fourth-order valence-corrected chi connectivity index (χ4v) is 2.42. The Morgan fingerprint density at radius 1 is 0.850 bits per heavy atom. The molecule has 4 nitrogen and oxygen atoms in total. The average molecular weight is 288 g/mol. The number of hydrogen-bond acceptors (Lipinski definition) is 4. The van der Waals surface area contributed by atoms with Crippen LogP contribution in [0.3, 0.4) is 0 Å². The van der Waals surface area contributed by atoms with E-state index >= 15 is 0 Å². The molecule has 0 aromatic carbocycles. The first kappa shape index (κ1) is 19.4. The summed E-state index contributed by atoms with van der Waals surface area (Å²) in [7, 11) is 6.86. The molecule has 4 heteroatoms. The summed E-state index contributed by atoms with van der Waals surface area (Å²) < 4.78 is 21.7. The summed E-state index contributed by atoms with van der Waals surface area (Å²) >= 11 is 0. The molecule has 120 valence electrons. The van der Waals surface area contributed by atoms with E-state index < -0.39 is 0 Å². The van der Waals surface area contributed by atoms with Gasteiger partial charge >= 0.3 is 0 Å². The highest BCUT2D eigenvalue weighted by Crippen LogP contribution is 2.28. The maximum Gasteiger partial charge on any atom is 0.0909 e. The first-order valence-corrected chi connectivity index (χ1v) is 7.21. The van der Waals surface area contributed by atoms with Gasteiger partial charge in [-0.3, -0.25) is 0 Å². The van der Waals surface area contributed by atoms with Crippen LogP contribution in [0.25, 0.3) is 0 Å². The van der Waals surface area contributed by atoms with Crippen molar-refractivity contribution in [2.75, 3.05) is 28.4 Å². The zero-order valence-electron chi connectivity index (χ0n) is 14.1. The Hall–Kier alpha value is -0.580. The molecule has 0 rings (SSSR count). The van der Waals surface area contributed by atoms with E-state index in [1.165, 1.54) is 0 Å². The Labute approximate surface area is 124 Å². The number of rotatable bonds is 11. The number of ether oxygens (including phenoxy) is 4. The van der Waals surface area contributed by atoms with Crippen LogP contribution in [-0.4, -0.2) is 46.8 Å². The van der Waals surface area contributed by atoms with Gasteiger partial charge < -0.3 is 18.9 Å². The zero-order chi connectivity index (χ0) is 15.7. The molecule has 0 aromatic rings. The summed E-state index contributed by atoms with van der Waals surface area (Å²) in [5.74, 6) is 1.43. The zero-order valence-corrected chi connectivity index (χ0v) is 14.1. The summed E-state index contributed by atoms with van der Waals surface area (Å²) in [6, 6.07) is 0. The Morgan fingerprint density at radius 3 is 1.75 bits per heavy atom. The van der Waals surface area contributed by atoms with Gasteiger partial charge in [0.25, 0.3) is 0 Å². The largest absolute Gasteiger partial charge is 0.502 e. The van der Waals surface area contributed by atoms with E-state index in [1.54, 1.807) is 28.4 Å². The average Bonchev–Trinajstić information content (AvgIpc) is 2.47. The second kappa shape index (κ2) is 10.2. The fourth-order valence-electron chi connectivity index (χ4n) is 2.42. The SMILES string of the molecule is C=C(CC(OC)C(C)C(C)C(CC(C)OC)OC)OC. The van der Waals surface area contributed by atoms with Crippen molar-refractivity contribution in [3.05, 3.63) is 12.3 Å². The monoisotopic (exact) mass is 288 g/mol. The molecule has 20 heavy (non-hydrogen) atoms. The van der Waals surface area contributed by atoms with Gasteiger partial charge in [-0.2, -0.15) is 0 Å². The van der Waals surface area contributed by atoms with Crippen molar-refractivity contribution in [1.29, 1.82) is 0 Å². The molecule has 0 fully saturated rings. The Bertz CT molecular complexity index is 267. The molecule has 0 aliphatic rings. The fraction of sp³-hybridized carbons (Fsp3) is 0.875. The molecule has 0 bridgehead atoms. The van der Waals surface area contributed by atoms with Gasteiger partial charge in [-0.05, 0) is 25.2 Å². The van der Waals surface area contributed by atoms with E-state index in [0.29, 0.717) is 18.3 Å². The predicted molar refractivity (Wildman–Crippen MR) is 81.8 cm³/mol. The third-order valence-corrected chi connectivity index (χ3v) is 4.29. The van der Waals surface area contributed by atoms with Crippen LogP contribution >= 0.6 is 0 Å². The molecule has 0 radical (unpaired) electrons. The van der Waals surface area contributed by atoms with Gasteiger partial charge in [-0.1, -0.05) is 20.4 Å². The molecule has 0 aliphatic carbocycles. The lowest BCUT2D eigenvalue weighted by Gasteiger charge is -2.33. The first-order valence-electron chi connectivity index (χ1n) is 7.21. The minimum Gasteiger partial charge on any atom is -0.502 e. The van der Waals surface area contributed by atoms with Crippen molar-refractivity contribution in [2.24, 2.45) is 11.8 Å². The Kier molecular flexibility index (Phi) is 9.90. The second-order valence-electron chi connectivity index (χ2n) is 5.50. The normalized spacial score (nSPS) is 18.9. The predicted octanol–water partition coefficient (Wildman–Crippen LogP) is 3.26. The van der Waals surface area contributed by atoms with Crippen LogP contribution in [0, 0.1) is 11.8 Å². The van der Waals surface area contributed by atoms with Crippen molar-refractivity contribution in [3.63, 3.8) is 0 Å². The van der Waals surface area contributed by atoms with E-state index in [1.807, 2.05) is 0 Å². The van der Waals surface area contributed by atoms with Gasteiger partial charge in [0.2, 0.25) is 0 Å². The van der Waals surface area contributed by atoms with E-state index in [2.05, 4.69) is 27.4 Å². The van der Waals surface area contributed by atoms with Crippen molar-refractivity contribution < 1.29 is 18.9 Å². The van der Waals surface area contributed by atoms with Gasteiger partial charge in [0.15, 0.2) is 0 Å². The lowest BCUT2D eigenvalue weighted by atomic mass is 9.83. The molecule has 0 saturated carbocycles. The smallest absolute Gasteiger partial charge is 0.0909 e. The molecule has 5 atom stereocenters. The number of hydrogen-bond donors (Lipinski definition) is 0. The topological polar surface area (TPSA) is 36.9 Å². The molecule has 0 N–H and O–H groups in total. The van der Waals surface area contributed by atoms with Gasteiger partial charge in [0.05, 0.1) is 31.2 Å². The third-order valence-electron chi connectivity index (χ3n) is 4.29. The summed E-state index contributed by atoms with van der Waals surface area (Å²) in [5, 5.41) is 0. The Morgan fingerprint density at radius 2 is 1.35 bits per heavy atom. The van der Waals surface area contributed by atoms with Crippen LogP contribution in [0.2, 0.25) is 0 Å². The van der Waals surface area contributed by atoms with Crippen LogP contribution < -0.4 is 0 Å². The van der Waals surface area contributed by atoms with Crippen LogP contribution in [0.5, 0.6) is 0 Å². The van der Waals surface area contributed by atoms with Gasteiger partial charge in [0, 0.05) is 27.8 Å². The highest BCUT2D eigenvalue weighted by Gasteiger charge is 2.30. The minimum atomic E-state index is 0.0768. The summed E-state index contributed by atoms with van der Waals surface area (Å²) in [5.41, 5.74) is 0. The van der Waals surface area contributed by atoms with E-state index in [9.17, 15) is 0 Å². The van der Waals surface area contributed by atoms with Crippen LogP contribution in [0.1, 0.15) is 33.6 Å². The lowest BCUT2D eigenvalue weighted by molar-refractivity contribution is -0.0428. The van der Waals surface area contributed by atoms with Crippen LogP contribution in [0.4, 0.5) is 0 Å². The molecule has 0 saturated heterocycles. The van der Waals surface area contributed by atoms with Gasteiger partial charge in [-0.25, -0.2) is 0 Å². The molecular formula is C16H32O4. The second-order valence-corrected chi connectivity index (χ2v) is 5.50. The highest BCUT2D eigenvalue weighted by atomic mass is 16.5. The van der Waals surface area contributed by atoms with Gasteiger partial charge in [0.1, 0.15) is 0 Å². The van der Waals surface area contributed by atoms with Crippen molar-refractivity contribution >= 4 is 0 Å². The molecule has 0 spiro atoms.